The van der Waals surface area contributed by atoms with Gasteiger partial charge < -0.3 is 5.32 Å². The van der Waals surface area contributed by atoms with Crippen molar-refractivity contribution in [3.63, 3.8) is 0 Å². The van der Waals surface area contributed by atoms with E-state index in [0.717, 1.165) is 25.2 Å². The van der Waals surface area contributed by atoms with Crippen molar-refractivity contribution < 1.29 is 4.79 Å². The van der Waals surface area contributed by atoms with Crippen LogP contribution in [0.3, 0.4) is 0 Å². The van der Waals surface area contributed by atoms with Crippen LogP contribution in [0, 0.1) is 6.92 Å². The third-order valence-corrected chi connectivity index (χ3v) is 5.06. The quantitative estimate of drug-likeness (QED) is 0.937. The van der Waals surface area contributed by atoms with Gasteiger partial charge in [-0.1, -0.05) is 0 Å². The number of carbonyl (C=O) groups excluding carboxylic acids is 1. The molecule has 1 aliphatic rings. The molecular formula is C16H20N4OS. The van der Waals surface area contributed by atoms with E-state index in [1.54, 1.807) is 6.20 Å². The van der Waals surface area contributed by atoms with Crippen LogP contribution < -0.4 is 5.32 Å². The number of hydrogen-bond donors (Lipinski definition) is 1. The summed E-state index contributed by atoms with van der Waals surface area (Å²) in [6.07, 6.45) is 4.24. The first kappa shape index (κ1) is 15.1. The van der Waals surface area contributed by atoms with Crippen LogP contribution in [0.1, 0.15) is 33.5 Å². The molecule has 0 aliphatic carbocycles. The van der Waals surface area contributed by atoms with Gasteiger partial charge in [-0.2, -0.15) is 0 Å². The van der Waals surface area contributed by atoms with Gasteiger partial charge in [0.25, 0.3) is 5.91 Å². The van der Waals surface area contributed by atoms with Crippen LogP contribution in [0.4, 0.5) is 0 Å². The maximum atomic E-state index is 12.1. The number of hydrogen-bond acceptors (Lipinski definition) is 5. The van der Waals surface area contributed by atoms with Gasteiger partial charge >= 0.3 is 0 Å². The number of amides is 1. The van der Waals surface area contributed by atoms with Crippen LogP contribution in [-0.2, 0) is 13.0 Å². The third-order valence-electron chi connectivity index (χ3n) is 4.03. The van der Waals surface area contributed by atoms with Crippen LogP contribution in [0.2, 0.25) is 0 Å². The van der Waals surface area contributed by atoms with Gasteiger partial charge in [0.1, 0.15) is 5.69 Å². The first-order chi connectivity index (χ1) is 10.6. The zero-order valence-electron chi connectivity index (χ0n) is 12.9. The SMILES string of the molecule is Cc1cnc(C(=O)NCC(C)N2CCc3sccc3C2)cn1. The molecule has 5 nitrogen and oxygen atoms in total. The van der Waals surface area contributed by atoms with Gasteiger partial charge in [-0.25, -0.2) is 4.98 Å². The van der Waals surface area contributed by atoms with E-state index in [2.05, 4.69) is 38.6 Å². The Balaban J connectivity index is 1.53. The van der Waals surface area contributed by atoms with Gasteiger partial charge in [0.15, 0.2) is 0 Å². The highest BCUT2D eigenvalue weighted by Gasteiger charge is 2.21. The zero-order chi connectivity index (χ0) is 15.5. The van der Waals surface area contributed by atoms with E-state index >= 15 is 0 Å². The smallest absolute Gasteiger partial charge is 0.271 e. The first-order valence-electron chi connectivity index (χ1n) is 7.49. The Labute approximate surface area is 134 Å². The lowest BCUT2D eigenvalue weighted by Crippen LogP contribution is -2.44. The average Bonchev–Trinajstić information content (AvgIpc) is 3.00. The molecule has 3 rings (SSSR count). The molecule has 1 N–H and O–H groups in total. The molecule has 2 aromatic heterocycles. The van der Waals surface area contributed by atoms with Crippen molar-refractivity contribution in [3.05, 3.63) is 45.7 Å². The van der Waals surface area contributed by atoms with Crippen molar-refractivity contribution in [2.24, 2.45) is 0 Å². The van der Waals surface area contributed by atoms with Gasteiger partial charge in [0.05, 0.1) is 11.9 Å². The van der Waals surface area contributed by atoms with Crippen molar-refractivity contribution in [3.8, 4) is 0 Å². The third kappa shape index (κ3) is 3.34. The van der Waals surface area contributed by atoms with Gasteiger partial charge in [-0.15, -0.1) is 11.3 Å². The van der Waals surface area contributed by atoms with Crippen molar-refractivity contribution in [2.45, 2.75) is 32.9 Å². The average molecular weight is 316 g/mol. The first-order valence-corrected chi connectivity index (χ1v) is 8.37. The molecule has 2 aromatic rings. The number of carbonyl (C=O) groups is 1. The number of rotatable bonds is 4. The lowest BCUT2D eigenvalue weighted by Gasteiger charge is -2.32. The Morgan fingerprint density at radius 2 is 2.32 bits per heavy atom. The maximum absolute atomic E-state index is 12.1. The Bertz CT molecular complexity index is 652. The Hall–Kier alpha value is -1.79. The molecule has 22 heavy (non-hydrogen) atoms. The number of nitrogens with one attached hydrogen (secondary N) is 1. The summed E-state index contributed by atoms with van der Waals surface area (Å²) in [7, 11) is 0. The normalized spacial score (nSPS) is 16.1. The van der Waals surface area contributed by atoms with Crippen molar-refractivity contribution in [2.75, 3.05) is 13.1 Å². The fraction of sp³-hybridized carbons (Fsp3) is 0.438. The van der Waals surface area contributed by atoms with Crippen LogP contribution in [0.5, 0.6) is 0 Å². The minimum atomic E-state index is -0.160. The molecule has 1 atom stereocenters. The van der Waals surface area contributed by atoms with Crippen LogP contribution in [0.25, 0.3) is 0 Å². The second-order valence-electron chi connectivity index (χ2n) is 5.69. The number of aryl methyl sites for hydroxylation is 1. The fourth-order valence-corrected chi connectivity index (χ4v) is 3.51. The minimum Gasteiger partial charge on any atom is -0.349 e. The molecule has 6 heteroatoms. The van der Waals surface area contributed by atoms with Crippen molar-refractivity contribution in [1.82, 2.24) is 20.2 Å². The molecule has 0 fully saturated rings. The number of aromatic nitrogens is 2. The van der Waals surface area contributed by atoms with Crippen LogP contribution in [-0.4, -0.2) is 39.9 Å². The molecule has 0 aromatic carbocycles. The summed E-state index contributed by atoms with van der Waals surface area (Å²) in [4.78, 5) is 24.2. The predicted octanol–water partition coefficient (Wildman–Crippen LogP) is 2.02. The topological polar surface area (TPSA) is 58.1 Å². The Morgan fingerprint density at radius 3 is 3.09 bits per heavy atom. The van der Waals surface area contributed by atoms with Gasteiger partial charge in [-0.05, 0) is 37.3 Å². The summed E-state index contributed by atoms with van der Waals surface area (Å²) in [6, 6.07) is 2.51. The lowest BCUT2D eigenvalue weighted by atomic mass is 10.1. The second-order valence-corrected chi connectivity index (χ2v) is 6.69. The molecule has 1 amide bonds. The summed E-state index contributed by atoms with van der Waals surface area (Å²) in [5, 5.41) is 5.12. The van der Waals surface area contributed by atoms with Crippen LogP contribution in [0.15, 0.2) is 23.8 Å². The highest BCUT2D eigenvalue weighted by atomic mass is 32.1. The standard InChI is InChI=1S/C16H20N4OS/c1-11-7-18-14(9-17-11)16(21)19-8-12(2)20-5-3-15-13(10-20)4-6-22-15/h4,6-7,9,12H,3,5,8,10H2,1-2H3,(H,19,21). The van der Waals surface area contributed by atoms with Gasteiger partial charge in [-0.3, -0.25) is 14.7 Å². The molecule has 0 spiro atoms. The lowest BCUT2D eigenvalue weighted by molar-refractivity contribution is 0.0927. The molecule has 1 unspecified atom stereocenters. The predicted molar refractivity (Wildman–Crippen MR) is 87.0 cm³/mol. The van der Waals surface area contributed by atoms with E-state index in [1.807, 2.05) is 18.3 Å². The summed E-state index contributed by atoms with van der Waals surface area (Å²) in [6.45, 7) is 6.65. The van der Waals surface area contributed by atoms with Crippen LogP contribution >= 0.6 is 11.3 Å². The fourth-order valence-electron chi connectivity index (χ4n) is 2.62. The number of fused-ring (bicyclic) bond motifs is 1. The van der Waals surface area contributed by atoms with E-state index in [4.69, 9.17) is 0 Å². The highest BCUT2D eigenvalue weighted by Crippen LogP contribution is 2.24. The molecule has 0 bridgehead atoms. The van der Waals surface area contributed by atoms with Crippen molar-refractivity contribution >= 4 is 17.2 Å². The van der Waals surface area contributed by atoms with Gasteiger partial charge in [0, 0.05) is 36.8 Å². The maximum Gasteiger partial charge on any atom is 0.271 e. The Morgan fingerprint density at radius 1 is 1.45 bits per heavy atom. The monoisotopic (exact) mass is 316 g/mol. The van der Waals surface area contributed by atoms with E-state index in [1.165, 1.54) is 16.6 Å². The van der Waals surface area contributed by atoms with E-state index in [0.29, 0.717) is 18.3 Å². The molecule has 0 saturated heterocycles. The zero-order valence-corrected chi connectivity index (χ0v) is 13.7. The number of thiophene rings is 1. The summed E-state index contributed by atoms with van der Waals surface area (Å²) < 4.78 is 0. The molecule has 0 saturated carbocycles. The molecular weight excluding hydrogens is 296 g/mol. The molecule has 3 heterocycles. The minimum absolute atomic E-state index is 0.160. The summed E-state index contributed by atoms with van der Waals surface area (Å²) in [5.41, 5.74) is 2.61. The van der Waals surface area contributed by atoms with Gasteiger partial charge in [0.2, 0.25) is 0 Å². The largest absolute Gasteiger partial charge is 0.349 e. The van der Waals surface area contributed by atoms with Crippen molar-refractivity contribution in [1.29, 1.82) is 0 Å². The van der Waals surface area contributed by atoms with E-state index in [9.17, 15) is 4.79 Å². The van der Waals surface area contributed by atoms with E-state index in [-0.39, 0.29) is 5.91 Å². The molecule has 1 aliphatic heterocycles. The molecule has 0 radical (unpaired) electrons. The summed E-state index contributed by atoms with van der Waals surface area (Å²) >= 11 is 1.84. The summed E-state index contributed by atoms with van der Waals surface area (Å²) in [5.74, 6) is -0.160. The molecule has 116 valence electrons. The van der Waals surface area contributed by atoms with E-state index < -0.39 is 0 Å². The second kappa shape index (κ2) is 6.54. The highest BCUT2D eigenvalue weighted by molar-refractivity contribution is 7.10. The number of nitrogens with zero attached hydrogens (tertiary/aromatic N) is 3. The Kier molecular flexibility index (Phi) is 4.49.